The smallest absolute Gasteiger partial charge is 0.151 e. The molecule has 0 radical (unpaired) electrons. The van der Waals surface area contributed by atoms with Crippen LogP contribution < -0.4 is 10.5 Å². The van der Waals surface area contributed by atoms with Crippen molar-refractivity contribution in [2.24, 2.45) is 0 Å². The second-order valence-electron chi connectivity index (χ2n) is 6.63. The molecule has 1 atom stereocenters. The molecular formula is C21H17ClN4O2. The van der Waals surface area contributed by atoms with Crippen molar-refractivity contribution in [3.63, 3.8) is 0 Å². The number of nitrogens with two attached hydrogens (primary N) is 1. The van der Waals surface area contributed by atoms with Crippen molar-refractivity contribution in [2.75, 3.05) is 5.73 Å². The van der Waals surface area contributed by atoms with E-state index >= 15 is 0 Å². The third-order valence-electron chi connectivity index (χ3n) is 4.93. The largest absolute Gasteiger partial charge is 0.456 e. The van der Waals surface area contributed by atoms with Crippen LogP contribution in [0.2, 0.25) is 5.02 Å². The maximum Gasteiger partial charge on any atom is 0.151 e. The van der Waals surface area contributed by atoms with Gasteiger partial charge in [-0.1, -0.05) is 29.8 Å². The van der Waals surface area contributed by atoms with E-state index in [4.69, 9.17) is 26.8 Å². The van der Waals surface area contributed by atoms with E-state index in [2.05, 4.69) is 9.97 Å². The summed E-state index contributed by atoms with van der Waals surface area (Å²) in [4.78, 5) is 8.63. The Hall–Kier alpha value is -3.09. The minimum atomic E-state index is -0.0517. The summed E-state index contributed by atoms with van der Waals surface area (Å²) in [6.07, 6.45) is 1.43. The Labute approximate surface area is 166 Å². The van der Waals surface area contributed by atoms with E-state index in [1.165, 1.54) is 6.33 Å². The molecule has 140 valence electrons. The summed E-state index contributed by atoms with van der Waals surface area (Å²) >= 11 is 6.53. The van der Waals surface area contributed by atoms with E-state index in [1.807, 2.05) is 60.0 Å². The Morgan fingerprint density at radius 3 is 2.79 bits per heavy atom. The lowest BCUT2D eigenvalue weighted by atomic mass is 10.1. The molecule has 5 rings (SSSR count). The van der Waals surface area contributed by atoms with Gasteiger partial charge in [-0.25, -0.2) is 9.97 Å². The summed E-state index contributed by atoms with van der Waals surface area (Å²) < 4.78 is 13.7. The molecule has 0 saturated heterocycles. The first-order valence-electron chi connectivity index (χ1n) is 8.91. The fourth-order valence-corrected chi connectivity index (χ4v) is 3.88. The van der Waals surface area contributed by atoms with E-state index in [0.29, 0.717) is 23.2 Å². The van der Waals surface area contributed by atoms with Gasteiger partial charge in [-0.2, -0.15) is 0 Å². The van der Waals surface area contributed by atoms with Crippen LogP contribution in [0.1, 0.15) is 24.3 Å². The van der Waals surface area contributed by atoms with Crippen LogP contribution in [0.3, 0.4) is 0 Å². The van der Waals surface area contributed by atoms with E-state index in [0.717, 1.165) is 33.7 Å². The molecule has 0 bridgehead atoms. The molecule has 2 aromatic heterocycles. The highest BCUT2D eigenvalue weighted by Gasteiger charge is 2.30. The van der Waals surface area contributed by atoms with Gasteiger partial charge in [0.25, 0.3) is 0 Å². The topological polar surface area (TPSA) is 75.2 Å². The summed E-state index contributed by atoms with van der Waals surface area (Å²) in [5, 5.41) is 0.499. The number of hydrogen-bond donors (Lipinski definition) is 1. The number of ether oxygens (including phenoxy) is 2. The number of nitrogens with zero attached hydrogens (tertiary/aromatic N) is 3. The zero-order chi connectivity index (χ0) is 19.3. The van der Waals surface area contributed by atoms with Crippen molar-refractivity contribution in [3.8, 4) is 17.2 Å². The minimum Gasteiger partial charge on any atom is -0.456 e. The van der Waals surface area contributed by atoms with Gasteiger partial charge in [-0.3, -0.25) is 0 Å². The molecule has 0 spiro atoms. The zero-order valence-electron chi connectivity index (χ0n) is 15.1. The van der Waals surface area contributed by atoms with Gasteiger partial charge >= 0.3 is 0 Å². The van der Waals surface area contributed by atoms with Gasteiger partial charge in [0.05, 0.1) is 23.4 Å². The molecule has 0 fully saturated rings. The number of halogens is 1. The van der Waals surface area contributed by atoms with Crippen LogP contribution in [0, 0.1) is 0 Å². The molecule has 28 heavy (non-hydrogen) atoms. The standard InChI is InChI=1S/C21H17ClN4O2/c1-12-18-16(10-27-12)26(20-19(18)24-11-25-21(20)23)13-7-8-17(15(22)9-13)28-14-5-3-2-4-6-14/h2-9,11-12H,10H2,1H3,(H2,23,24,25). The SMILES string of the molecule is CC1OCc2c1c1ncnc(N)c1n2-c1ccc(Oc2ccccc2)c(Cl)c1. The molecule has 2 aromatic carbocycles. The van der Waals surface area contributed by atoms with Gasteiger partial charge < -0.3 is 19.8 Å². The van der Waals surface area contributed by atoms with Crippen LogP contribution in [0.5, 0.6) is 11.5 Å². The number of benzene rings is 2. The summed E-state index contributed by atoms with van der Waals surface area (Å²) in [7, 11) is 0. The number of hydrogen-bond acceptors (Lipinski definition) is 5. The van der Waals surface area contributed by atoms with Crippen LogP contribution in [-0.4, -0.2) is 14.5 Å². The maximum absolute atomic E-state index is 6.53. The van der Waals surface area contributed by atoms with Gasteiger partial charge in [-0.15, -0.1) is 0 Å². The van der Waals surface area contributed by atoms with Crippen LogP contribution in [0.15, 0.2) is 54.9 Å². The van der Waals surface area contributed by atoms with E-state index < -0.39 is 0 Å². The predicted octanol–water partition coefficient (Wildman–Crippen LogP) is 5.04. The number of rotatable bonds is 3. The molecule has 1 aliphatic rings. The number of anilines is 1. The number of fused-ring (bicyclic) bond motifs is 3. The average molecular weight is 393 g/mol. The van der Waals surface area contributed by atoms with Crippen LogP contribution in [0.4, 0.5) is 5.82 Å². The Morgan fingerprint density at radius 1 is 1.18 bits per heavy atom. The highest BCUT2D eigenvalue weighted by atomic mass is 35.5. The summed E-state index contributed by atoms with van der Waals surface area (Å²) in [5.41, 5.74) is 10.7. The highest BCUT2D eigenvalue weighted by Crippen LogP contribution is 2.41. The van der Waals surface area contributed by atoms with Gasteiger partial charge in [-0.05, 0) is 37.3 Å². The molecule has 0 amide bonds. The van der Waals surface area contributed by atoms with Gasteiger partial charge in [0.2, 0.25) is 0 Å². The van der Waals surface area contributed by atoms with Gasteiger partial charge in [0.15, 0.2) is 5.82 Å². The zero-order valence-corrected chi connectivity index (χ0v) is 15.8. The third kappa shape index (κ3) is 2.61. The first-order chi connectivity index (χ1) is 13.6. The Bertz CT molecular complexity index is 1190. The molecule has 3 heterocycles. The molecule has 4 aromatic rings. The molecule has 6 nitrogen and oxygen atoms in total. The van der Waals surface area contributed by atoms with Crippen LogP contribution in [-0.2, 0) is 11.3 Å². The summed E-state index contributed by atoms with van der Waals surface area (Å²) in [6, 6.07) is 15.2. The molecule has 2 N–H and O–H groups in total. The quantitative estimate of drug-likeness (QED) is 0.528. The van der Waals surface area contributed by atoms with E-state index in [-0.39, 0.29) is 6.10 Å². The molecule has 0 aliphatic carbocycles. The maximum atomic E-state index is 6.53. The number of aromatic nitrogens is 3. The van der Waals surface area contributed by atoms with Crippen molar-refractivity contribution in [3.05, 3.63) is 71.1 Å². The van der Waals surface area contributed by atoms with Crippen LogP contribution in [0.25, 0.3) is 16.7 Å². The van der Waals surface area contributed by atoms with Crippen molar-refractivity contribution in [2.45, 2.75) is 19.6 Å². The lowest BCUT2D eigenvalue weighted by Gasteiger charge is -2.13. The predicted molar refractivity (Wildman–Crippen MR) is 108 cm³/mol. The Morgan fingerprint density at radius 2 is 2.00 bits per heavy atom. The molecule has 1 aliphatic heterocycles. The van der Waals surface area contributed by atoms with Crippen molar-refractivity contribution >= 4 is 28.5 Å². The summed E-state index contributed by atoms with van der Waals surface area (Å²) in [6.45, 7) is 2.49. The fourth-order valence-electron chi connectivity index (χ4n) is 3.67. The first kappa shape index (κ1) is 17.0. The van der Waals surface area contributed by atoms with Crippen LogP contribution >= 0.6 is 11.6 Å². The second kappa shape index (κ2) is 6.51. The minimum absolute atomic E-state index is 0.0517. The van der Waals surface area contributed by atoms with E-state index in [9.17, 15) is 0 Å². The number of nitrogen functional groups attached to an aromatic ring is 1. The fraction of sp³-hybridized carbons (Fsp3) is 0.143. The molecule has 1 unspecified atom stereocenters. The normalized spacial score (nSPS) is 15.7. The Kier molecular flexibility index (Phi) is 3.96. The highest BCUT2D eigenvalue weighted by molar-refractivity contribution is 6.32. The second-order valence-corrected chi connectivity index (χ2v) is 7.04. The van der Waals surface area contributed by atoms with E-state index in [1.54, 1.807) is 0 Å². The van der Waals surface area contributed by atoms with Gasteiger partial charge in [0.1, 0.15) is 28.9 Å². The average Bonchev–Trinajstić information content (AvgIpc) is 3.23. The van der Waals surface area contributed by atoms with Crippen molar-refractivity contribution in [1.29, 1.82) is 0 Å². The summed E-state index contributed by atoms with van der Waals surface area (Å²) in [5.74, 6) is 1.73. The molecule has 0 saturated carbocycles. The number of para-hydroxylation sites is 1. The van der Waals surface area contributed by atoms with Crippen molar-refractivity contribution in [1.82, 2.24) is 14.5 Å². The third-order valence-corrected chi connectivity index (χ3v) is 5.23. The lowest BCUT2D eigenvalue weighted by molar-refractivity contribution is 0.0783. The Balaban J connectivity index is 1.64. The van der Waals surface area contributed by atoms with Crippen molar-refractivity contribution < 1.29 is 9.47 Å². The monoisotopic (exact) mass is 392 g/mol. The van der Waals surface area contributed by atoms with Gasteiger partial charge in [0, 0.05) is 11.3 Å². The molecular weight excluding hydrogens is 376 g/mol. The molecule has 7 heteroatoms. The first-order valence-corrected chi connectivity index (χ1v) is 9.29. The lowest BCUT2D eigenvalue weighted by Crippen LogP contribution is -2.03.